The van der Waals surface area contributed by atoms with Crippen LogP contribution in [0.1, 0.15) is 40.5 Å². The number of hydrogen-bond acceptors (Lipinski definition) is 4. The first kappa shape index (κ1) is 22.2. The lowest BCUT2D eigenvalue weighted by Gasteiger charge is -2.30. The summed E-state index contributed by atoms with van der Waals surface area (Å²) >= 11 is 0. The minimum absolute atomic E-state index is 0.0982. The topological polar surface area (TPSA) is 95.2 Å². The van der Waals surface area contributed by atoms with Crippen molar-refractivity contribution in [2.45, 2.75) is 30.7 Å². The zero-order valence-electron chi connectivity index (χ0n) is 15.7. The van der Waals surface area contributed by atoms with Crippen LogP contribution in [0.15, 0.2) is 30.3 Å². The number of H-pyrrole nitrogens is 1. The molecule has 0 bridgehead atoms. The molecule has 2 aromatic rings. The lowest BCUT2D eigenvalue weighted by molar-refractivity contribution is -0.123. The van der Waals surface area contributed by atoms with Gasteiger partial charge in [0.25, 0.3) is 5.91 Å². The lowest BCUT2D eigenvalue weighted by atomic mass is 9.94. The summed E-state index contributed by atoms with van der Waals surface area (Å²) in [6, 6.07) is 6.65. The number of alkyl halides is 3. The highest BCUT2D eigenvalue weighted by Crippen LogP contribution is 2.29. The molecule has 0 spiro atoms. The zero-order valence-corrected chi connectivity index (χ0v) is 16.6. The number of carbonyl (C=O) groups excluding carboxylic acids is 1. The highest BCUT2D eigenvalue weighted by Gasteiger charge is 2.31. The van der Waals surface area contributed by atoms with Crippen molar-refractivity contribution in [1.82, 2.24) is 19.8 Å². The number of halogens is 4. The Morgan fingerprint density at radius 2 is 1.83 bits per heavy atom. The molecular formula is C18H20F4N4O3S. The van der Waals surface area contributed by atoms with Crippen LogP contribution in [-0.2, 0) is 15.8 Å². The molecule has 1 aromatic heterocycles. The predicted octanol–water partition coefficient (Wildman–Crippen LogP) is 2.55. The van der Waals surface area contributed by atoms with Crippen molar-refractivity contribution in [2.75, 3.05) is 19.6 Å². The smallest absolute Gasteiger partial charge is 0.342 e. The third-order valence-corrected chi connectivity index (χ3v) is 6.68. The standard InChI is InChI=1S/C18H20F4N4O3S/c19-14-3-1-12(2-4-14)10-30(28,29)26-7-5-13(6-8-26)15-9-16(25-24-15)17(27)23-11-18(20,21)22/h1-4,9,13H,5-8,10-11H2,(H,23,27)(H,24,25). The molecule has 0 saturated carbocycles. The van der Waals surface area contributed by atoms with Gasteiger partial charge in [0.15, 0.2) is 0 Å². The van der Waals surface area contributed by atoms with Crippen molar-refractivity contribution >= 4 is 15.9 Å². The van der Waals surface area contributed by atoms with Crippen LogP contribution in [0, 0.1) is 5.82 Å². The van der Waals surface area contributed by atoms with E-state index in [9.17, 15) is 30.8 Å². The molecule has 2 heterocycles. The van der Waals surface area contributed by atoms with E-state index in [2.05, 4.69) is 10.2 Å². The summed E-state index contributed by atoms with van der Waals surface area (Å²) in [5.74, 6) is -1.71. The highest BCUT2D eigenvalue weighted by molar-refractivity contribution is 7.88. The van der Waals surface area contributed by atoms with Gasteiger partial charge in [0.2, 0.25) is 10.0 Å². The van der Waals surface area contributed by atoms with E-state index >= 15 is 0 Å². The van der Waals surface area contributed by atoms with Gasteiger partial charge in [-0.15, -0.1) is 0 Å². The summed E-state index contributed by atoms with van der Waals surface area (Å²) < 4.78 is 76.1. The monoisotopic (exact) mass is 448 g/mol. The van der Waals surface area contributed by atoms with Crippen LogP contribution in [-0.4, -0.2) is 54.6 Å². The number of hydrogen-bond donors (Lipinski definition) is 2. The van der Waals surface area contributed by atoms with Crippen LogP contribution < -0.4 is 5.32 Å². The summed E-state index contributed by atoms with van der Waals surface area (Å²) in [5, 5.41) is 8.16. The highest BCUT2D eigenvalue weighted by atomic mass is 32.2. The maximum absolute atomic E-state index is 13.0. The molecule has 0 atom stereocenters. The Morgan fingerprint density at radius 3 is 2.43 bits per heavy atom. The maximum Gasteiger partial charge on any atom is 0.405 e. The van der Waals surface area contributed by atoms with Crippen molar-refractivity contribution in [2.24, 2.45) is 0 Å². The van der Waals surface area contributed by atoms with E-state index < -0.39 is 34.5 Å². The quantitative estimate of drug-likeness (QED) is 0.664. The fourth-order valence-corrected chi connectivity index (χ4v) is 4.82. The molecule has 1 fully saturated rings. The fraction of sp³-hybridized carbons (Fsp3) is 0.444. The summed E-state index contributed by atoms with van der Waals surface area (Å²) in [7, 11) is -3.57. The van der Waals surface area contributed by atoms with Crippen LogP contribution in [0.5, 0.6) is 0 Å². The number of carbonyl (C=O) groups is 1. The molecule has 7 nitrogen and oxygen atoms in total. The van der Waals surface area contributed by atoms with Crippen molar-refractivity contribution in [3.8, 4) is 0 Å². The van der Waals surface area contributed by atoms with Crippen molar-refractivity contribution < 1.29 is 30.8 Å². The summed E-state index contributed by atoms with van der Waals surface area (Å²) in [6.45, 7) is -0.941. The maximum atomic E-state index is 13.0. The van der Waals surface area contributed by atoms with Crippen LogP contribution in [0.25, 0.3) is 0 Å². The van der Waals surface area contributed by atoms with E-state index in [0.717, 1.165) is 0 Å². The molecule has 3 rings (SSSR count). The number of aromatic nitrogens is 2. The van der Waals surface area contributed by atoms with E-state index in [-0.39, 0.29) is 30.5 Å². The molecule has 1 aliphatic heterocycles. The Labute approximate surface area is 170 Å². The predicted molar refractivity (Wildman–Crippen MR) is 99.5 cm³/mol. The van der Waals surface area contributed by atoms with Gasteiger partial charge in [0.05, 0.1) is 5.75 Å². The zero-order chi connectivity index (χ0) is 21.9. The Balaban J connectivity index is 1.56. The van der Waals surface area contributed by atoms with Gasteiger partial charge >= 0.3 is 6.18 Å². The number of aromatic amines is 1. The lowest BCUT2D eigenvalue weighted by Crippen LogP contribution is -2.38. The van der Waals surface area contributed by atoms with Gasteiger partial charge < -0.3 is 5.32 Å². The van der Waals surface area contributed by atoms with Crippen molar-refractivity contribution in [1.29, 1.82) is 0 Å². The van der Waals surface area contributed by atoms with Gasteiger partial charge in [-0.2, -0.15) is 18.3 Å². The number of sulfonamides is 1. The first-order valence-electron chi connectivity index (χ1n) is 9.16. The number of benzene rings is 1. The van der Waals surface area contributed by atoms with E-state index in [1.807, 2.05) is 0 Å². The Kier molecular flexibility index (Phi) is 6.46. The molecule has 164 valence electrons. The number of piperidine rings is 1. The third kappa shape index (κ3) is 5.79. The van der Waals surface area contributed by atoms with Gasteiger partial charge in [0.1, 0.15) is 18.1 Å². The van der Waals surface area contributed by atoms with E-state index in [1.54, 1.807) is 5.32 Å². The van der Waals surface area contributed by atoms with E-state index in [4.69, 9.17) is 0 Å². The van der Waals surface area contributed by atoms with E-state index in [0.29, 0.717) is 24.1 Å². The summed E-state index contributed by atoms with van der Waals surface area (Å²) in [5.41, 5.74) is 0.907. The van der Waals surface area contributed by atoms with Crippen molar-refractivity contribution in [3.63, 3.8) is 0 Å². The Hall–Kier alpha value is -2.47. The SMILES string of the molecule is O=C(NCC(F)(F)F)c1cc(C2CCN(S(=O)(=O)Cc3ccc(F)cc3)CC2)[nH]n1. The molecule has 0 aliphatic carbocycles. The number of nitrogens with zero attached hydrogens (tertiary/aromatic N) is 2. The molecule has 12 heteroatoms. The molecular weight excluding hydrogens is 428 g/mol. The third-order valence-electron chi connectivity index (χ3n) is 4.83. The molecule has 1 saturated heterocycles. The minimum atomic E-state index is -4.51. The van der Waals surface area contributed by atoms with Gasteiger partial charge in [-0.1, -0.05) is 12.1 Å². The fourth-order valence-electron chi connectivity index (χ4n) is 3.26. The molecule has 0 unspecified atom stereocenters. The number of amides is 1. The average Bonchev–Trinajstić information content (AvgIpc) is 3.18. The normalized spacial score (nSPS) is 16.5. The molecule has 1 aliphatic rings. The Bertz CT molecular complexity index is 982. The van der Waals surface area contributed by atoms with Crippen LogP contribution >= 0.6 is 0 Å². The van der Waals surface area contributed by atoms with Crippen LogP contribution in [0.3, 0.4) is 0 Å². The van der Waals surface area contributed by atoms with Crippen molar-refractivity contribution in [3.05, 3.63) is 53.1 Å². The Morgan fingerprint density at radius 1 is 1.20 bits per heavy atom. The largest absolute Gasteiger partial charge is 0.405 e. The second kappa shape index (κ2) is 8.72. The second-order valence-corrected chi connectivity index (χ2v) is 9.03. The molecule has 1 aromatic carbocycles. The van der Waals surface area contributed by atoms with Gasteiger partial charge in [-0.3, -0.25) is 9.89 Å². The van der Waals surface area contributed by atoms with Crippen LogP contribution in [0.4, 0.5) is 17.6 Å². The van der Waals surface area contributed by atoms with Crippen LogP contribution in [0.2, 0.25) is 0 Å². The summed E-state index contributed by atoms with van der Waals surface area (Å²) in [4.78, 5) is 11.8. The number of nitrogens with one attached hydrogen (secondary N) is 2. The first-order chi connectivity index (χ1) is 14.0. The van der Waals surface area contributed by atoms with Gasteiger partial charge in [0, 0.05) is 24.7 Å². The average molecular weight is 448 g/mol. The summed E-state index contributed by atoms with van der Waals surface area (Å²) in [6.07, 6.45) is -3.58. The molecule has 1 amide bonds. The van der Waals surface area contributed by atoms with E-state index in [1.165, 1.54) is 34.6 Å². The molecule has 0 radical (unpaired) electrons. The van der Waals surface area contributed by atoms with Gasteiger partial charge in [-0.05, 0) is 36.6 Å². The number of rotatable bonds is 6. The molecule has 30 heavy (non-hydrogen) atoms. The molecule has 2 N–H and O–H groups in total. The second-order valence-electron chi connectivity index (χ2n) is 7.06. The first-order valence-corrected chi connectivity index (χ1v) is 10.8. The minimum Gasteiger partial charge on any atom is -0.342 e. The van der Waals surface area contributed by atoms with Gasteiger partial charge in [-0.25, -0.2) is 17.1 Å².